The lowest BCUT2D eigenvalue weighted by atomic mass is 9.75. The second kappa shape index (κ2) is 9.80. The van der Waals surface area contributed by atoms with E-state index in [0.717, 1.165) is 67.0 Å². The molecule has 9 nitrogen and oxygen atoms in total. The van der Waals surface area contributed by atoms with Crippen LogP contribution in [-0.2, 0) is 22.3 Å². The van der Waals surface area contributed by atoms with Gasteiger partial charge in [0, 0.05) is 37.6 Å². The van der Waals surface area contributed by atoms with Crippen molar-refractivity contribution in [2.45, 2.75) is 57.3 Å². The maximum atomic E-state index is 13.8. The lowest BCUT2D eigenvalue weighted by molar-refractivity contribution is -0.138. The molecule has 0 radical (unpaired) electrons. The Labute approximate surface area is 239 Å². The van der Waals surface area contributed by atoms with Crippen LogP contribution in [0.15, 0.2) is 36.7 Å². The van der Waals surface area contributed by atoms with Gasteiger partial charge in [-0.3, -0.25) is 19.2 Å². The Morgan fingerprint density at radius 1 is 1.17 bits per heavy atom. The summed E-state index contributed by atoms with van der Waals surface area (Å²) in [4.78, 5) is 33.8. The number of piperidine rings is 1. The number of fused-ring (bicyclic) bond motifs is 1. The van der Waals surface area contributed by atoms with Gasteiger partial charge in [-0.1, -0.05) is 0 Å². The maximum Gasteiger partial charge on any atom is 0.419 e. The van der Waals surface area contributed by atoms with Crippen LogP contribution in [0.4, 0.5) is 24.5 Å². The molecule has 6 rings (SSSR count). The highest BCUT2D eigenvalue weighted by Gasteiger charge is 2.59. The normalized spacial score (nSPS) is 19.2. The van der Waals surface area contributed by atoms with Crippen LogP contribution in [0, 0.1) is 17.2 Å². The Kier molecular flexibility index (Phi) is 6.48. The quantitative estimate of drug-likeness (QED) is 0.414. The standard InChI is InChI=1S/C28H26F3N7O2S/c1-17(39)35-9-5-18(6-10-35)16-36-24-4-3-20(11-19(24)14-34-36)38-26(41)37(25(40)27(38)7-2-8-27)21-12-22(28(29,30)31)23(13-32)33-15-21/h3-4,11-12,14-15,18H,2,5-10,16H2,1H3. The summed E-state index contributed by atoms with van der Waals surface area (Å²) in [5, 5.41) is 14.6. The summed E-state index contributed by atoms with van der Waals surface area (Å²) in [6.07, 6.45) is 1.63. The van der Waals surface area contributed by atoms with E-state index in [1.54, 1.807) is 18.0 Å². The number of pyridine rings is 1. The number of halogens is 3. The minimum absolute atomic E-state index is 0.0679. The Hall–Kier alpha value is -4.05. The van der Waals surface area contributed by atoms with Crippen molar-refractivity contribution in [3.63, 3.8) is 0 Å². The van der Waals surface area contributed by atoms with Crippen molar-refractivity contribution in [2.75, 3.05) is 22.9 Å². The highest BCUT2D eigenvalue weighted by molar-refractivity contribution is 7.81. The van der Waals surface area contributed by atoms with Crippen LogP contribution in [0.1, 0.15) is 50.3 Å². The van der Waals surface area contributed by atoms with Gasteiger partial charge in [-0.25, -0.2) is 4.98 Å². The van der Waals surface area contributed by atoms with Gasteiger partial charge < -0.3 is 9.80 Å². The minimum Gasteiger partial charge on any atom is -0.343 e. The molecule has 2 amide bonds. The predicted molar refractivity (Wildman–Crippen MR) is 148 cm³/mol. The molecule has 0 atom stereocenters. The van der Waals surface area contributed by atoms with Crippen molar-refractivity contribution in [1.82, 2.24) is 19.7 Å². The number of nitrogens with zero attached hydrogens (tertiary/aromatic N) is 7. The average molecular weight is 582 g/mol. The molecule has 0 N–H and O–H groups in total. The van der Waals surface area contributed by atoms with E-state index >= 15 is 0 Å². The average Bonchev–Trinajstić information content (AvgIpc) is 3.42. The summed E-state index contributed by atoms with van der Waals surface area (Å²) in [7, 11) is 0. The maximum absolute atomic E-state index is 13.8. The first-order chi connectivity index (χ1) is 19.5. The first-order valence-corrected chi connectivity index (χ1v) is 13.8. The fraction of sp³-hybridized carbons (Fsp3) is 0.429. The summed E-state index contributed by atoms with van der Waals surface area (Å²) in [5.41, 5.74) is -1.51. The van der Waals surface area contributed by atoms with E-state index in [1.165, 1.54) is 6.07 Å². The summed E-state index contributed by atoms with van der Waals surface area (Å²) in [6.45, 7) is 3.79. The van der Waals surface area contributed by atoms with Crippen molar-refractivity contribution in [2.24, 2.45) is 5.92 Å². The Morgan fingerprint density at radius 3 is 2.51 bits per heavy atom. The highest BCUT2D eigenvalue weighted by atomic mass is 32.1. The summed E-state index contributed by atoms with van der Waals surface area (Å²) in [5.74, 6) is 0.0884. The van der Waals surface area contributed by atoms with Crippen molar-refractivity contribution in [3.05, 3.63) is 47.9 Å². The van der Waals surface area contributed by atoms with Gasteiger partial charge in [0.2, 0.25) is 5.91 Å². The van der Waals surface area contributed by atoms with Gasteiger partial charge in [0.15, 0.2) is 10.8 Å². The molecule has 4 heterocycles. The number of amides is 2. The zero-order chi connectivity index (χ0) is 29.1. The fourth-order valence-electron chi connectivity index (χ4n) is 6.12. The topological polar surface area (TPSA) is 98.4 Å². The number of aromatic nitrogens is 3. The molecule has 0 unspecified atom stereocenters. The molecule has 1 spiro atoms. The van der Waals surface area contributed by atoms with E-state index in [4.69, 9.17) is 17.5 Å². The summed E-state index contributed by atoms with van der Waals surface area (Å²) >= 11 is 5.72. The van der Waals surface area contributed by atoms with E-state index in [2.05, 4.69) is 10.1 Å². The van der Waals surface area contributed by atoms with Crippen LogP contribution in [0.25, 0.3) is 10.9 Å². The van der Waals surface area contributed by atoms with Crippen LogP contribution in [0.5, 0.6) is 0 Å². The van der Waals surface area contributed by atoms with E-state index in [9.17, 15) is 22.8 Å². The molecule has 3 aliphatic rings. The Balaban J connectivity index is 1.30. The van der Waals surface area contributed by atoms with E-state index in [-0.39, 0.29) is 16.7 Å². The Bertz CT molecular complexity index is 1620. The number of thiocarbonyl (C=S) groups is 1. The third-order valence-electron chi connectivity index (χ3n) is 8.51. The molecule has 0 bridgehead atoms. The number of hydrogen-bond acceptors (Lipinski definition) is 6. The number of carbonyl (C=O) groups is 2. The molecule has 13 heteroatoms. The third kappa shape index (κ3) is 4.41. The van der Waals surface area contributed by atoms with Crippen LogP contribution < -0.4 is 9.80 Å². The third-order valence-corrected chi connectivity index (χ3v) is 8.88. The number of hydrogen-bond donors (Lipinski definition) is 0. The lowest BCUT2D eigenvalue weighted by Crippen LogP contribution is -2.55. The van der Waals surface area contributed by atoms with Crippen molar-refractivity contribution >= 4 is 51.4 Å². The van der Waals surface area contributed by atoms with Gasteiger partial charge in [-0.05, 0) is 74.5 Å². The zero-order valence-electron chi connectivity index (χ0n) is 22.2. The molecule has 1 aliphatic carbocycles. The van der Waals surface area contributed by atoms with E-state index < -0.39 is 28.9 Å². The van der Waals surface area contributed by atoms with Crippen molar-refractivity contribution in [3.8, 4) is 6.07 Å². The van der Waals surface area contributed by atoms with Crippen LogP contribution in [-0.4, -0.2) is 55.2 Å². The molecule has 2 aliphatic heterocycles. The lowest BCUT2D eigenvalue weighted by Gasteiger charge is -2.43. The minimum atomic E-state index is -4.82. The molecule has 3 aromatic rings. The number of anilines is 2. The van der Waals surface area contributed by atoms with Crippen LogP contribution in [0.2, 0.25) is 0 Å². The fourth-order valence-corrected chi connectivity index (χ4v) is 6.59. The molecule has 2 saturated heterocycles. The van der Waals surface area contributed by atoms with E-state index in [0.29, 0.717) is 24.4 Å². The molecular formula is C28H26F3N7O2S. The highest BCUT2D eigenvalue weighted by Crippen LogP contribution is 2.48. The van der Waals surface area contributed by atoms with Gasteiger partial charge in [0.05, 0.1) is 29.2 Å². The zero-order valence-corrected chi connectivity index (χ0v) is 23.0. The van der Waals surface area contributed by atoms with Crippen molar-refractivity contribution in [1.29, 1.82) is 5.26 Å². The van der Waals surface area contributed by atoms with Gasteiger partial charge in [0.25, 0.3) is 5.91 Å². The number of likely N-dealkylation sites (tertiary alicyclic amines) is 1. The monoisotopic (exact) mass is 581 g/mol. The first-order valence-electron chi connectivity index (χ1n) is 13.4. The number of alkyl halides is 3. The van der Waals surface area contributed by atoms with Crippen molar-refractivity contribution < 1.29 is 22.8 Å². The largest absolute Gasteiger partial charge is 0.419 e. The van der Waals surface area contributed by atoms with Gasteiger partial charge >= 0.3 is 6.18 Å². The Morgan fingerprint density at radius 2 is 1.90 bits per heavy atom. The number of rotatable bonds is 4. The predicted octanol–water partition coefficient (Wildman–Crippen LogP) is 4.64. The summed E-state index contributed by atoms with van der Waals surface area (Å²) < 4.78 is 42.9. The molecule has 1 saturated carbocycles. The van der Waals surface area contributed by atoms with Gasteiger partial charge in [-0.2, -0.15) is 23.5 Å². The van der Waals surface area contributed by atoms with Gasteiger partial charge in [0.1, 0.15) is 11.6 Å². The smallest absolute Gasteiger partial charge is 0.343 e. The number of nitriles is 1. The first kappa shape index (κ1) is 27.1. The molecule has 3 fully saturated rings. The van der Waals surface area contributed by atoms with Gasteiger partial charge in [-0.15, -0.1) is 0 Å². The van der Waals surface area contributed by atoms with E-state index in [1.807, 2.05) is 27.8 Å². The molecule has 41 heavy (non-hydrogen) atoms. The molecule has 1 aromatic carbocycles. The molecule has 212 valence electrons. The number of carbonyl (C=O) groups excluding carboxylic acids is 2. The second-order valence-corrected chi connectivity index (χ2v) is 11.2. The molecular weight excluding hydrogens is 555 g/mol. The molecule has 2 aromatic heterocycles. The number of benzene rings is 1. The summed E-state index contributed by atoms with van der Waals surface area (Å²) in [6, 6.07) is 7.92. The van der Waals surface area contributed by atoms with Crippen LogP contribution >= 0.6 is 12.2 Å². The van der Waals surface area contributed by atoms with Crippen LogP contribution in [0.3, 0.4) is 0 Å². The SMILES string of the molecule is CC(=O)N1CCC(Cn2ncc3cc(N4C(=S)N(c5cnc(C#N)c(C(F)(F)F)c5)C(=O)C45CCC5)ccc32)CC1. The second-order valence-electron chi connectivity index (χ2n) is 10.9.